The third kappa shape index (κ3) is 3.47. The van der Waals surface area contributed by atoms with Crippen molar-refractivity contribution in [2.24, 2.45) is 16.7 Å². The predicted octanol–water partition coefficient (Wildman–Crippen LogP) is 4.37. The van der Waals surface area contributed by atoms with Gasteiger partial charge in [0.25, 0.3) is 0 Å². The molecule has 0 atom stereocenters. The van der Waals surface area contributed by atoms with Crippen molar-refractivity contribution in [3.05, 3.63) is 0 Å². The normalized spacial score (nSPS) is 34.9. The monoisotopic (exact) mass is 237 g/mol. The van der Waals surface area contributed by atoms with Crippen LogP contribution < -0.4 is 5.32 Å². The van der Waals surface area contributed by atoms with Crippen LogP contribution in [-0.4, -0.2) is 12.6 Å². The third-order valence-corrected chi connectivity index (χ3v) is 5.36. The van der Waals surface area contributed by atoms with Gasteiger partial charge < -0.3 is 5.32 Å². The summed E-state index contributed by atoms with van der Waals surface area (Å²) in [5.74, 6) is 0.947. The number of rotatable bonds is 4. The third-order valence-electron chi connectivity index (χ3n) is 5.36. The quantitative estimate of drug-likeness (QED) is 0.765. The van der Waals surface area contributed by atoms with E-state index in [0.717, 1.165) is 12.0 Å². The van der Waals surface area contributed by atoms with Crippen LogP contribution in [0.4, 0.5) is 0 Å². The van der Waals surface area contributed by atoms with Crippen LogP contribution in [0, 0.1) is 16.7 Å². The molecule has 0 saturated heterocycles. The summed E-state index contributed by atoms with van der Waals surface area (Å²) in [5, 5.41) is 3.77. The van der Waals surface area contributed by atoms with Gasteiger partial charge in [-0.15, -0.1) is 0 Å². The Hall–Kier alpha value is -0.0400. The summed E-state index contributed by atoms with van der Waals surface area (Å²) in [6.07, 6.45) is 10.0. The van der Waals surface area contributed by atoms with Crippen molar-refractivity contribution in [3.63, 3.8) is 0 Å². The van der Waals surface area contributed by atoms with Crippen LogP contribution in [0.1, 0.15) is 72.6 Å². The van der Waals surface area contributed by atoms with Gasteiger partial charge in [-0.3, -0.25) is 0 Å². The molecule has 2 rings (SSSR count). The fourth-order valence-corrected chi connectivity index (χ4v) is 3.40. The Bertz CT molecular complexity index is 239. The Balaban J connectivity index is 1.84. The molecule has 1 N–H and O–H groups in total. The van der Waals surface area contributed by atoms with E-state index >= 15 is 0 Å². The molecule has 1 heteroatoms. The number of nitrogens with one attached hydrogen (secondary N) is 1. The van der Waals surface area contributed by atoms with Gasteiger partial charge in [0.15, 0.2) is 0 Å². The average molecular weight is 237 g/mol. The smallest absolute Gasteiger partial charge is 0.00684 e. The van der Waals surface area contributed by atoms with E-state index in [9.17, 15) is 0 Å². The van der Waals surface area contributed by atoms with Crippen molar-refractivity contribution < 1.29 is 0 Å². The second-order valence-corrected chi connectivity index (χ2v) is 7.65. The van der Waals surface area contributed by atoms with Gasteiger partial charge in [0, 0.05) is 12.6 Å². The molecule has 2 aliphatic carbocycles. The van der Waals surface area contributed by atoms with Gasteiger partial charge in [-0.05, 0) is 61.7 Å². The fraction of sp³-hybridized carbons (Fsp3) is 1.00. The zero-order chi connectivity index (χ0) is 12.5. The Morgan fingerprint density at radius 2 is 1.65 bits per heavy atom. The Labute approximate surface area is 108 Å². The second-order valence-electron chi connectivity index (χ2n) is 7.65. The molecule has 0 aliphatic heterocycles. The molecule has 2 aliphatic rings. The van der Waals surface area contributed by atoms with E-state index in [-0.39, 0.29) is 0 Å². The fourth-order valence-electron chi connectivity index (χ4n) is 3.40. The van der Waals surface area contributed by atoms with Gasteiger partial charge in [-0.1, -0.05) is 27.7 Å². The number of hydrogen-bond donors (Lipinski definition) is 1. The SMILES string of the molecule is CCC1(CNC2CC2)CCC(C(C)(C)C)CC1. The maximum atomic E-state index is 3.77. The van der Waals surface area contributed by atoms with E-state index in [1.807, 2.05) is 0 Å². The highest BCUT2D eigenvalue weighted by molar-refractivity contribution is 4.92. The summed E-state index contributed by atoms with van der Waals surface area (Å²) in [6.45, 7) is 10.9. The summed E-state index contributed by atoms with van der Waals surface area (Å²) < 4.78 is 0. The summed E-state index contributed by atoms with van der Waals surface area (Å²) in [6, 6.07) is 0.874. The van der Waals surface area contributed by atoms with Crippen LogP contribution in [0.25, 0.3) is 0 Å². The molecule has 0 aromatic carbocycles. The minimum atomic E-state index is 0.518. The molecule has 0 aromatic heterocycles. The molecule has 0 bridgehead atoms. The molecular weight excluding hydrogens is 206 g/mol. The zero-order valence-electron chi connectivity index (χ0n) is 12.3. The highest BCUT2D eigenvalue weighted by atomic mass is 15.0. The van der Waals surface area contributed by atoms with Crippen molar-refractivity contribution in [1.29, 1.82) is 0 Å². The van der Waals surface area contributed by atoms with Gasteiger partial charge in [0.2, 0.25) is 0 Å². The molecule has 0 heterocycles. The van der Waals surface area contributed by atoms with Gasteiger partial charge in [0.05, 0.1) is 0 Å². The van der Waals surface area contributed by atoms with Crippen LogP contribution in [0.2, 0.25) is 0 Å². The molecule has 0 radical (unpaired) electrons. The van der Waals surface area contributed by atoms with E-state index < -0.39 is 0 Å². The van der Waals surface area contributed by atoms with Crippen LogP contribution in [0.3, 0.4) is 0 Å². The van der Waals surface area contributed by atoms with E-state index in [1.165, 1.54) is 51.5 Å². The summed E-state index contributed by atoms with van der Waals surface area (Å²) in [4.78, 5) is 0. The van der Waals surface area contributed by atoms with E-state index in [0.29, 0.717) is 10.8 Å². The standard InChI is InChI=1S/C16H31N/c1-5-16(12-17-14-6-7-14)10-8-13(9-11-16)15(2,3)4/h13-14,17H,5-12H2,1-4H3. The molecule has 2 fully saturated rings. The molecular formula is C16H31N. The van der Waals surface area contributed by atoms with E-state index in [1.54, 1.807) is 0 Å². The Morgan fingerprint density at radius 1 is 1.06 bits per heavy atom. The van der Waals surface area contributed by atoms with Gasteiger partial charge in [-0.25, -0.2) is 0 Å². The largest absolute Gasteiger partial charge is 0.313 e. The molecule has 1 nitrogen and oxygen atoms in total. The van der Waals surface area contributed by atoms with Crippen LogP contribution in [0.5, 0.6) is 0 Å². The molecule has 2 saturated carbocycles. The minimum absolute atomic E-state index is 0.518. The second kappa shape index (κ2) is 4.91. The van der Waals surface area contributed by atoms with Crippen LogP contribution >= 0.6 is 0 Å². The summed E-state index contributed by atoms with van der Waals surface area (Å²) in [5.41, 5.74) is 1.15. The van der Waals surface area contributed by atoms with E-state index in [4.69, 9.17) is 0 Å². The van der Waals surface area contributed by atoms with Crippen molar-refractivity contribution in [2.75, 3.05) is 6.54 Å². The van der Waals surface area contributed by atoms with E-state index in [2.05, 4.69) is 33.0 Å². The molecule has 0 amide bonds. The summed E-state index contributed by atoms with van der Waals surface area (Å²) >= 11 is 0. The van der Waals surface area contributed by atoms with Crippen molar-refractivity contribution in [2.45, 2.75) is 78.7 Å². The predicted molar refractivity (Wildman–Crippen MR) is 75.2 cm³/mol. The molecule has 0 aromatic rings. The topological polar surface area (TPSA) is 12.0 Å². The highest BCUT2D eigenvalue weighted by Crippen LogP contribution is 2.46. The van der Waals surface area contributed by atoms with Crippen molar-refractivity contribution >= 4 is 0 Å². The van der Waals surface area contributed by atoms with Gasteiger partial charge in [0.1, 0.15) is 0 Å². The lowest BCUT2D eigenvalue weighted by atomic mass is 9.63. The van der Waals surface area contributed by atoms with Crippen molar-refractivity contribution in [3.8, 4) is 0 Å². The molecule has 0 spiro atoms. The maximum absolute atomic E-state index is 3.77. The van der Waals surface area contributed by atoms with Gasteiger partial charge >= 0.3 is 0 Å². The molecule has 100 valence electrons. The lowest BCUT2D eigenvalue weighted by Crippen LogP contribution is -2.40. The molecule has 17 heavy (non-hydrogen) atoms. The Morgan fingerprint density at radius 3 is 2.06 bits per heavy atom. The minimum Gasteiger partial charge on any atom is -0.313 e. The lowest BCUT2D eigenvalue weighted by molar-refractivity contribution is 0.0830. The first-order chi connectivity index (χ1) is 7.95. The maximum Gasteiger partial charge on any atom is 0.00684 e. The van der Waals surface area contributed by atoms with Crippen molar-refractivity contribution in [1.82, 2.24) is 5.32 Å². The van der Waals surface area contributed by atoms with Crippen LogP contribution in [-0.2, 0) is 0 Å². The van der Waals surface area contributed by atoms with Gasteiger partial charge in [-0.2, -0.15) is 0 Å². The lowest BCUT2D eigenvalue weighted by Gasteiger charge is -2.44. The first-order valence-corrected chi connectivity index (χ1v) is 7.69. The highest BCUT2D eigenvalue weighted by Gasteiger charge is 2.38. The molecule has 0 unspecified atom stereocenters. The first-order valence-electron chi connectivity index (χ1n) is 7.69. The first kappa shape index (κ1) is 13.4. The summed E-state index contributed by atoms with van der Waals surface area (Å²) in [7, 11) is 0. The Kier molecular flexibility index (Phi) is 3.87. The average Bonchev–Trinajstić information content (AvgIpc) is 3.09. The van der Waals surface area contributed by atoms with Crippen LogP contribution in [0.15, 0.2) is 0 Å². The number of hydrogen-bond acceptors (Lipinski definition) is 1. The zero-order valence-corrected chi connectivity index (χ0v) is 12.3.